The number of anilines is 2. The summed E-state index contributed by atoms with van der Waals surface area (Å²) in [6.45, 7) is 1.64. The summed E-state index contributed by atoms with van der Waals surface area (Å²) in [4.78, 5) is 30.8. The molecule has 1 aliphatic rings. The van der Waals surface area contributed by atoms with Crippen LogP contribution in [0.1, 0.15) is 23.5 Å². The number of nitrogens with one attached hydrogen (secondary N) is 3. The van der Waals surface area contributed by atoms with E-state index in [4.69, 9.17) is 11.6 Å². The van der Waals surface area contributed by atoms with E-state index in [1.165, 1.54) is 28.0 Å². The number of thiophene rings is 1. The lowest BCUT2D eigenvalue weighted by Gasteiger charge is -2.14. The molecule has 2 heterocycles. The van der Waals surface area contributed by atoms with E-state index in [2.05, 4.69) is 20.3 Å². The summed E-state index contributed by atoms with van der Waals surface area (Å²) in [5, 5.41) is 6.20. The number of rotatable bonds is 7. The summed E-state index contributed by atoms with van der Waals surface area (Å²) in [6.07, 6.45) is 2.25. The van der Waals surface area contributed by atoms with Gasteiger partial charge in [0.05, 0.1) is 22.5 Å². The molecule has 1 saturated carbocycles. The molecule has 1 aliphatic carbocycles. The molecule has 12 heteroatoms. The maximum Gasteiger partial charge on any atom is 0.331 e. The molecule has 5 rings (SSSR count). The molecule has 0 bridgehead atoms. The van der Waals surface area contributed by atoms with Gasteiger partial charge in [0.25, 0.3) is 5.56 Å². The van der Waals surface area contributed by atoms with E-state index in [1.54, 1.807) is 25.1 Å². The van der Waals surface area contributed by atoms with Crippen LogP contribution in [0, 0.1) is 12.7 Å². The van der Waals surface area contributed by atoms with Crippen molar-refractivity contribution in [1.82, 2.24) is 14.3 Å². The maximum atomic E-state index is 15.1. The number of nitrogens with zero attached hydrogens (tertiary/aromatic N) is 2. The number of amides is 2. The van der Waals surface area contributed by atoms with Gasteiger partial charge in [-0.15, -0.1) is 22.9 Å². The van der Waals surface area contributed by atoms with Crippen LogP contribution in [-0.2, 0) is 16.9 Å². The van der Waals surface area contributed by atoms with Crippen molar-refractivity contribution in [2.24, 2.45) is 0 Å². The van der Waals surface area contributed by atoms with Gasteiger partial charge in [0.2, 0.25) is 0 Å². The molecule has 0 radical (unpaired) electrons. The Kier molecular flexibility index (Phi) is 6.78. The van der Waals surface area contributed by atoms with Gasteiger partial charge in [0.15, 0.2) is 11.0 Å². The average molecular weight is 546 g/mol. The zero-order chi connectivity index (χ0) is 25.4. The first-order valence-corrected chi connectivity index (χ1v) is 13.6. The highest BCUT2D eigenvalue weighted by Gasteiger charge is 2.21. The number of urea groups is 1. The molecule has 2 aromatic heterocycles. The van der Waals surface area contributed by atoms with Gasteiger partial charge in [-0.2, -0.15) is 0 Å². The second-order valence-corrected chi connectivity index (χ2v) is 11.2. The van der Waals surface area contributed by atoms with Crippen molar-refractivity contribution in [1.29, 1.82) is 0 Å². The minimum Gasteiger partial charge on any atom is -0.382 e. The Morgan fingerprint density at radius 3 is 2.67 bits per heavy atom. The number of halogens is 2. The second kappa shape index (κ2) is 10.00. The molecule has 3 N–H and O–H groups in total. The fourth-order valence-electron chi connectivity index (χ4n) is 3.72. The van der Waals surface area contributed by atoms with Crippen molar-refractivity contribution in [3.05, 3.63) is 75.4 Å². The number of alkyl halides is 1. The summed E-state index contributed by atoms with van der Waals surface area (Å²) >= 11 is 6.98. The highest BCUT2D eigenvalue weighted by Crippen LogP contribution is 2.26. The van der Waals surface area contributed by atoms with Gasteiger partial charge >= 0.3 is 6.03 Å². The quantitative estimate of drug-likeness (QED) is 0.282. The van der Waals surface area contributed by atoms with Gasteiger partial charge < -0.3 is 10.6 Å². The minimum absolute atomic E-state index is 0.00815. The normalized spacial score (nSPS) is 14.0. The van der Waals surface area contributed by atoms with Crippen LogP contribution in [-0.4, -0.2) is 25.8 Å². The lowest BCUT2D eigenvalue weighted by molar-refractivity contribution is 0.257. The summed E-state index contributed by atoms with van der Waals surface area (Å²) in [5.74, 6) is -0.110. The van der Waals surface area contributed by atoms with Crippen LogP contribution < -0.4 is 20.9 Å². The van der Waals surface area contributed by atoms with E-state index in [1.807, 2.05) is 12.1 Å². The Hall–Kier alpha value is -3.28. The first-order chi connectivity index (χ1) is 17.3. The van der Waals surface area contributed by atoms with Gasteiger partial charge in [-0.25, -0.2) is 18.4 Å². The van der Waals surface area contributed by atoms with Crippen LogP contribution in [0.3, 0.4) is 0 Å². The minimum atomic E-state index is -1.78. The van der Waals surface area contributed by atoms with Crippen molar-refractivity contribution < 1.29 is 13.4 Å². The van der Waals surface area contributed by atoms with Gasteiger partial charge in [0, 0.05) is 22.3 Å². The van der Waals surface area contributed by atoms with Crippen LogP contribution in [0.5, 0.6) is 0 Å². The molecule has 0 spiro atoms. The number of hydrogen-bond acceptors (Lipinski definition) is 6. The predicted molar refractivity (Wildman–Crippen MR) is 141 cm³/mol. The summed E-state index contributed by atoms with van der Waals surface area (Å²) < 4.78 is 31.4. The monoisotopic (exact) mass is 545 g/mol. The number of benzene rings is 2. The molecular formula is C24H21ClFN5O3S2. The van der Waals surface area contributed by atoms with Crippen LogP contribution in [0.4, 0.5) is 20.6 Å². The largest absolute Gasteiger partial charge is 0.382 e. The zero-order valence-electron chi connectivity index (χ0n) is 19.0. The Balaban J connectivity index is 1.35. The molecular weight excluding hydrogens is 525 g/mol. The number of aromatic nitrogens is 2. The van der Waals surface area contributed by atoms with Crippen LogP contribution in [0.15, 0.2) is 57.5 Å². The number of carbonyl (C=O) groups excluding carboxylic acids is 1. The highest BCUT2D eigenvalue weighted by molar-refractivity contribution is 7.86. The Morgan fingerprint density at radius 1 is 1.19 bits per heavy atom. The third-order valence-electron chi connectivity index (χ3n) is 5.57. The molecule has 4 aromatic rings. The molecule has 2 amide bonds. The van der Waals surface area contributed by atoms with Crippen molar-refractivity contribution >= 4 is 62.2 Å². The summed E-state index contributed by atoms with van der Waals surface area (Å²) in [7, 11) is -1.78. The number of fused-ring (bicyclic) bond motifs is 1. The molecule has 0 saturated heterocycles. The third kappa shape index (κ3) is 5.13. The van der Waals surface area contributed by atoms with Gasteiger partial charge in [0.1, 0.15) is 15.9 Å². The van der Waals surface area contributed by atoms with Crippen molar-refractivity contribution in [3.63, 3.8) is 0 Å². The van der Waals surface area contributed by atoms with Gasteiger partial charge in [-0.05, 0) is 68.3 Å². The summed E-state index contributed by atoms with van der Waals surface area (Å²) in [6, 6.07) is 12.3. The predicted octanol–water partition coefficient (Wildman–Crippen LogP) is 5.05. The Labute approximate surface area is 217 Å². The van der Waals surface area contributed by atoms with Crippen LogP contribution >= 0.6 is 22.9 Å². The lowest BCUT2D eigenvalue weighted by Crippen LogP contribution is -2.30. The Morgan fingerprint density at radius 2 is 1.97 bits per heavy atom. The van der Waals surface area contributed by atoms with Crippen molar-refractivity contribution in [2.75, 3.05) is 10.6 Å². The molecule has 1 unspecified atom stereocenters. The smallest absolute Gasteiger partial charge is 0.331 e. The SMILES string of the molecule is Cc1nc2cc(NC3CC3)ccc2c(=O)n1-c1ccc(NC(=O)NS(=O)c2ccc(CCl)s2)cc1F. The van der Waals surface area contributed by atoms with Gasteiger partial charge in [-0.3, -0.25) is 14.1 Å². The number of carbonyl (C=O) groups is 1. The van der Waals surface area contributed by atoms with E-state index < -0.39 is 28.4 Å². The van der Waals surface area contributed by atoms with Crippen molar-refractivity contribution in [2.45, 2.75) is 35.9 Å². The number of hydrogen-bond donors (Lipinski definition) is 3. The molecule has 8 nitrogen and oxygen atoms in total. The molecule has 1 fully saturated rings. The van der Waals surface area contributed by atoms with Crippen LogP contribution in [0.2, 0.25) is 0 Å². The van der Waals surface area contributed by atoms with E-state index >= 15 is 4.39 Å². The average Bonchev–Trinajstić information content (AvgIpc) is 3.51. The third-order valence-corrected chi connectivity index (χ3v) is 8.47. The summed E-state index contributed by atoms with van der Waals surface area (Å²) in [5.41, 5.74) is 1.18. The topological polar surface area (TPSA) is 105 Å². The molecule has 2 aromatic carbocycles. The van der Waals surface area contributed by atoms with Crippen LogP contribution in [0.25, 0.3) is 16.6 Å². The molecule has 1 atom stereocenters. The fraction of sp³-hybridized carbons (Fsp3) is 0.208. The molecule has 186 valence electrons. The highest BCUT2D eigenvalue weighted by atomic mass is 35.5. The maximum absolute atomic E-state index is 15.1. The fourth-order valence-corrected chi connectivity index (χ4v) is 5.82. The molecule has 36 heavy (non-hydrogen) atoms. The first-order valence-electron chi connectivity index (χ1n) is 11.1. The molecule has 0 aliphatic heterocycles. The van der Waals surface area contributed by atoms with E-state index in [0.29, 0.717) is 27.0 Å². The Bertz CT molecular complexity index is 1570. The van der Waals surface area contributed by atoms with Gasteiger partial charge in [-0.1, -0.05) is 0 Å². The first kappa shape index (κ1) is 24.4. The van der Waals surface area contributed by atoms with E-state index in [-0.39, 0.29) is 17.3 Å². The van der Waals surface area contributed by atoms with Crippen molar-refractivity contribution in [3.8, 4) is 5.69 Å². The van der Waals surface area contributed by atoms with E-state index in [0.717, 1.165) is 29.5 Å². The zero-order valence-corrected chi connectivity index (χ0v) is 21.4. The second-order valence-electron chi connectivity index (χ2n) is 8.30. The lowest BCUT2D eigenvalue weighted by atomic mass is 10.2. The van der Waals surface area contributed by atoms with E-state index in [9.17, 15) is 13.8 Å². The standard InChI is InChI=1S/C24H21ClFN5O3S2/c1-13-27-20-11-16(28-14-2-3-14)4-7-18(20)23(32)31(13)21-8-5-15(10-19(21)26)29-24(33)30-36(34)22-9-6-17(12-25)35-22/h4-11,14,28H,2-3,12H2,1H3,(H2,29,30,33). The number of aryl methyl sites for hydroxylation is 1.